The van der Waals surface area contributed by atoms with Gasteiger partial charge >= 0.3 is 0 Å². The van der Waals surface area contributed by atoms with Crippen molar-refractivity contribution in [2.75, 3.05) is 20.1 Å². The molecular formula is C13H24N4. The molecule has 0 spiro atoms. The fourth-order valence-electron chi connectivity index (χ4n) is 2.54. The van der Waals surface area contributed by atoms with E-state index in [2.05, 4.69) is 47.9 Å². The van der Waals surface area contributed by atoms with Gasteiger partial charge in [0.1, 0.15) is 0 Å². The fraction of sp³-hybridized carbons (Fsp3) is 0.692. The van der Waals surface area contributed by atoms with E-state index in [1.54, 1.807) is 12.4 Å². The van der Waals surface area contributed by atoms with E-state index in [1.165, 1.54) is 0 Å². The minimum Gasteiger partial charge on any atom is -0.310 e. The second kappa shape index (κ2) is 6.07. The Kier molecular flexibility index (Phi) is 5.02. The van der Waals surface area contributed by atoms with Crippen molar-refractivity contribution in [3.05, 3.63) is 24.3 Å². The molecule has 4 heteroatoms. The van der Waals surface area contributed by atoms with Crippen LogP contribution < -0.4 is 5.32 Å². The number of likely N-dealkylation sites (N-methyl/N-ethyl adjacent to an activating group) is 2. The number of rotatable bonds is 6. The van der Waals surface area contributed by atoms with Crippen LogP contribution in [-0.4, -0.2) is 40.5 Å². The summed E-state index contributed by atoms with van der Waals surface area (Å²) in [6.45, 7) is 10.9. The van der Waals surface area contributed by atoms with E-state index in [9.17, 15) is 0 Å². The van der Waals surface area contributed by atoms with E-state index in [4.69, 9.17) is 0 Å². The smallest absolute Gasteiger partial charge is 0.0774 e. The van der Waals surface area contributed by atoms with Gasteiger partial charge in [-0.2, -0.15) is 0 Å². The first-order chi connectivity index (χ1) is 8.07. The summed E-state index contributed by atoms with van der Waals surface area (Å²) in [5, 5.41) is 3.36. The summed E-state index contributed by atoms with van der Waals surface area (Å²) >= 11 is 0. The molecule has 0 radical (unpaired) electrons. The second-order valence-electron chi connectivity index (χ2n) is 4.68. The van der Waals surface area contributed by atoms with Gasteiger partial charge in [-0.05, 0) is 34.0 Å². The van der Waals surface area contributed by atoms with E-state index in [1.807, 2.05) is 13.2 Å². The zero-order chi connectivity index (χ0) is 12.9. The topological polar surface area (TPSA) is 41.0 Å². The maximum absolute atomic E-state index is 4.42. The standard InChI is InChI=1S/C13H24N4/c1-6-17(7-2)13(3,4)12(14-5)11-10-15-8-9-16-11/h8-10,12,14H,6-7H2,1-5H3. The quantitative estimate of drug-likeness (QED) is 0.818. The summed E-state index contributed by atoms with van der Waals surface area (Å²) in [7, 11) is 1.98. The minimum absolute atomic E-state index is 0.00822. The van der Waals surface area contributed by atoms with E-state index < -0.39 is 0 Å². The molecule has 1 unspecified atom stereocenters. The monoisotopic (exact) mass is 236 g/mol. The maximum Gasteiger partial charge on any atom is 0.0774 e. The molecule has 0 fully saturated rings. The highest BCUT2D eigenvalue weighted by Gasteiger charge is 2.34. The Morgan fingerprint density at radius 2 is 1.94 bits per heavy atom. The van der Waals surface area contributed by atoms with Crippen molar-refractivity contribution in [2.45, 2.75) is 39.3 Å². The molecule has 0 saturated carbocycles. The molecule has 96 valence electrons. The van der Waals surface area contributed by atoms with Gasteiger partial charge in [-0.25, -0.2) is 0 Å². The summed E-state index contributed by atoms with van der Waals surface area (Å²) in [6.07, 6.45) is 5.30. The molecule has 0 aliphatic rings. The molecule has 1 atom stereocenters. The van der Waals surface area contributed by atoms with E-state index in [-0.39, 0.29) is 11.6 Å². The van der Waals surface area contributed by atoms with Gasteiger partial charge in [0, 0.05) is 17.9 Å². The third-order valence-corrected chi connectivity index (χ3v) is 3.45. The zero-order valence-corrected chi connectivity index (χ0v) is 11.6. The Balaban J connectivity index is 3.01. The molecule has 0 saturated heterocycles. The lowest BCUT2D eigenvalue weighted by Crippen LogP contribution is -2.52. The number of hydrogen-bond acceptors (Lipinski definition) is 4. The first-order valence-corrected chi connectivity index (χ1v) is 6.26. The van der Waals surface area contributed by atoms with E-state index in [0.717, 1.165) is 18.8 Å². The van der Waals surface area contributed by atoms with Crippen LogP contribution in [0.5, 0.6) is 0 Å². The molecule has 0 amide bonds. The number of nitrogens with zero attached hydrogens (tertiary/aromatic N) is 3. The van der Waals surface area contributed by atoms with Gasteiger partial charge < -0.3 is 5.32 Å². The highest BCUT2D eigenvalue weighted by atomic mass is 15.2. The number of hydrogen-bond donors (Lipinski definition) is 1. The molecule has 1 rings (SSSR count). The Morgan fingerprint density at radius 3 is 2.35 bits per heavy atom. The van der Waals surface area contributed by atoms with Crippen LogP contribution in [0.4, 0.5) is 0 Å². The van der Waals surface area contributed by atoms with Crippen LogP contribution in [0.2, 0.25) is 0 Å². The summed E-state index contributed by atoms with van der Waals surface area (Å²) in [5.74, 6) is 0. The molecule has 0 bridgehead atoms. The SMILES string of the molecule is CCN(CC)C(C)(C)C(NC)c1cnccn1. The summed E-state index contributed by atoms with van der Waals surface area (Å²) in [4.78, 5) is 11.0. The van der Waals surface area contributed by atoms with Gasteiger partial charge in [-0.3, -0.25) is 14.9 Å². The molecule has 0 aromatic carbocycles. The molecular weight excluding hydrogens is 212 g/mol. The molecule has 1 aromatic rings. The number of nitrogens with one attached hydrogen (secondary N) is 1. The van der Waals surface area contributed by atoms with Crippen LogP contribution >= 0.6 is 0 Å². The minimum atomic E-state index is 0.00822. The third kappa shape index (κ3) is 3.01. The van der Waals surface area contributed by atoms with Gasteiger partial charge in [0.05, 0.1) is 17.9 Å². The zero-order valence-electron chi connectivity index (χ0n) is 11.6. The predicted molar refractivity (Wildman–Crippen MR) is 70.8 cm³/mol. The van der Waals surface area contributed by atoms with Crippen molar-refractivity contribution in [2.24, 2.45) is 0 Å². The lowest BCUT2D eigenvalue weighted by molar-refractivity contribution is 0.0926. The average molecular weight is 236 g/mol. The molecule has 1 heterocycles. The van der Waals surface area contributed by atoms with E-state index in [0.29, 0.717) is 0 Å². The highest BCUT2D eigenvalue weighted by molar-refractivity contribution is 5.10. The Labute approximate surface area is 104 Å². The summed E-state index contributed by atoms with van der Waals surface area (Å²) in [5.41, 5.74) is 1.00. The first kappa shape index (κ1) is 14.1. The molecule has 1 aromatic heterocycles. The van der Waals surface area contributed by atoms with Crippen molar-refractivity contribution >= 4 is 0 Å². The van der Waals surface area contributed by atoms with Crippen LogP contribution in [-0.2, 0) is 0 Å². The van der Waals surface area contributed by atoms with E-state index >= 15 is 0 Å². The number of aromatic nitrogens is 2. The second-order valence-corrected chi connectivity index (χ2v) is 4.68. The van der Waals surface area contributed by atoms with Crippen molar-refractivity contribution in [3.8, 4) is 0 Å². The average Bonchev–Trinajstić information content (AvgIpc) is 2.32. The third-order valence-electron chi connectivity index (χ3n) is 3.45. The highest BCUT2D eigenvalue weighted by Crippen LogP contribution is 2.29. The molecule has 0 aliphatic carbocycles. The van der Waals surface area contributed by atoms with Crippen LogP contribution in [0.3, 0.4) is 0 Å². The van der Waals surface area contributed by atoms with Crippen molar-refractivity contribution < 1.29 is 0 Å². The Morgan fingerprint density at radius 1 is 1.29 bits per heavy atom. The van der Waals surface area contributed by atoms with Crippen LogP contribution in [0.15, 0.2) is 18.6 Å². The molecule has 1 N–H and O–H groups in total. The summed E-state index contributed by atoms with van der Waals surface area (Å²) in [6, 6.07) is 0.177. The predicted octanol–water partition coefficient (Wildman–Crippen LogP) is 1.86. The summed E-state index contributed by atoms with van der Waals surface area (Å²) < 4.78 is 0. The van der Waals surface area contributed by atoms with Crippen LogP contribution in [0.1, 0.15) is 39.4 Å². The van der Waals surface area contributed by atoms with Crippen LogP contribution in [0, 0.1) is 0 Å². The Bertz CT molecular complexity index is 319. The van der Waals surface area contributed by atoms with Gasteiger partial charge in [0.25, 0.3) is 0 Å². The normalized spacial score (nSPS) is 14.0. The van der Waals surface area contributed by atoms with Crippen LogP contribution in [0.25, 0.3) is 0 Å². The maximum atomic E-state index is 4.42. The van der Waals surface area contributed by atoms with Gasteiger partial charge in [0.15, 0.2) is 0 Å². The van der Waals surface area contributed by atoms with Gasteiger partial charge in [0.2, 0.25) is 0 Å². The first-order valence-electron chi connectivity index (χ1n) is 6.26. The fourth-order valence-corrected chi connectivity index (χ4v) is 2.54. The lowest BCUT2D eigenvalue weighted by atomic mass is 9.90. The molecule has 17 heavy (non-hydrogen) atoms. The lowest BCUT2D eigenvalue weighted by Gasteiger charge is -2.42. The Hall–Kier alpha value is -1.00. The van der Waals surface area contributed by atoms with Crippen molar-refractivity contribution in [1.82, 2.24) is 20.2 Å². The van der Waals surface area contributed by atoms with Crippen molar-refractivity contribution in [3.63, 3.8) is 0 Å². The molecule has 0 aliphatic heterocycles. The van der Waals surface area contributed by atoms with Gasteiger partial charge in [-0.1, -0.05) is 13.8 Å². The van der Waals surface area contributed by atoms with Gasteiger partial charge in [-0.15, -0.1) is 0 Å². The van der Waals surface area contributed by atoms with Crippen molar-refractivity contribution in [1.29, 1.82) is 0 Å². The largest absolute Gasteiger partial charge is 0.310 e. The molecule has 4 nitrogen and oxygen atoms in total.